The summed E-state index contributed by atoms with van der Waals surface area (Å²) in [6, 6.07) is 0. The number of hydrogen-bond donors (Lipinski definition) is 2. The van der Waals surface area contributed by atoms with Gasteiger partial charge in [-0.05, 0) is 31.6 Å². The zero-order chi connectivity index (χ0) is 13.0. The van der Waals surface area contributed by atoms with Crippen LogP contribution in [0.4, 0.5) is 0 Å². The van der Waals surface area contributed by atoms with Crippen molar-refractivity contribution in [2.75, 3.05) is 6.54 Å². The Balaban J connectivity index is 1.67. The van der Waals surface area contributed by atoms with E-state index in [1.165, 1.54) is 32.1 Å². The highest BCUT2D eigenvalue weighted by molar-refractivity contribution is 5.78. The zero-order valence-electron chi connectivity index (χ0n) is 11.6. The molecule has 0 radical (unpaired) electrons. The number of amides is 1. The van der Waals surface area contributed by atoms with Crippen LogP contribution < -0.4 is 5.32 Å². The molecule has 0 bridgehead atoms. The summed E-state index contributed by atoms with van der Waals surface area (Å²) in [4.78, 5) is 12.0. The normalized spacial score (nSPS) is 25.2. The lowest BCUT2D eigenvalue weighted by Gasteiger charge is -2.37. The van der Waals surface area contributed by atoms with E-state index in [1.807, 2.05) is 6.92 Å². The Kier molecular flexibility index (Phi) is 4.66. The minimum absolute atomic E-state index is 0.0942. The second-order valence-corrected chi connectivity index (χ2v) is 6.44. The van der Waals surface area contributed by atoms with Crippen LogP contribution in [-0.2, 0) is 4.79 Å². The number of carbonyl (C=O) groups excluding carboxylic acids is 1. The molecule has 2 rings (SSSR count). The van der Waals surface area contributed by atoms with Gasteiger partial charge in [0.1, 0.15) is 0 Å². The molecule has 104 valence electrons. The van der Waals surface area contributed by atoms with Gasteiger partial charge in [0.05, 0.1) is 5.60 Å². The fourth-order valence-electron chi connectivity index (χ4n) is 3.22. The zero-order valence-corrected chi connectivity index (χ0v) is 11.6. The quantitative estimate of drug-likeness (QED) is 0.791. The summed E-state index contributed by atoms with van der Waals surface area (Å²) in [7, 11) is 0. The van der Waals surface area contributed by atoms with Crippen LogP contribution >= 0.6 is 0 Å². The molecule has 0 aromatic heterocycles. The monoisotopic (exact) mass is 253 g/mol. The molecule has 0 aromatic carbocycles. The third-order valence-electron chi connectivity index (χ3n) is 4.74. The van der Waals surface area contributed by atoms with Crippen molar-refractivity contribution in [3.05, 3.63) is 0 Å². The van der Waals surface area contributed by atoms with Gasteiger partial charge in [0.2, 0.25) is 5.91 Å². The van der Waals surface area contributed by atoms with Gasteiger partial charge in [-0.15, -0.1) is 0 Å². The van der Waals surface area contributed by atoms with Crippen molar-refractivity contribution >= 4 is 5.91 Å². The third-order valence-corrected chi connectivity index (χ3v) is 4.74. The fourth-order valence-corrected chi connectivity index (χ4v) is 3.22. The average Bonchev–Trinajstić information content (AvgIpc) is 2.34. The third kappa shape index (κ3) is 3.71. The number of hydrogen-bond acceptors (Lipinski definition) is 2. The standard InChI is InChI=1S/C15H27NO2/c1-12(10-13-6-3-2-4-7-13)14(17)16-11-15(18)8-5-9-15/h12-13,18H,2-11H2,1H3,(H,16,17). The second kappa shape index (κ2) is 6.05. The van der Waals surface area contributed by atoms with E-state index in [0.29, 0.717) is 6.54 Å². The highest BCUT2D eigenvalue weighted by atomic mass is 16.3. The molecule has 0 aliphatic heterocycles. The highest BCUT2D eigenvalue weighted by Gasteiger charge is 2.35. The van der Waals surface area contributed by atoms with Gasteiger partial charge < -0.3 is 10.4 Å². The van der Waals surface area contributed by atoms with E-state index in [9.17, 15) is 9.90 Å². The first kappa shape index (κ1) is 13.9. The molecule has 0 spiro atoms. The van der Waals surface area contributed by atoms with E-state index in [0.717, 1.165) is 31.6 Å². The molecular weight excluding hydrogens is 226 g/mol. The van der Waals surface area contributed by atoms with Gasteiger partial charge in [-0.3, -0.25) is 4.79 Å². The van der Waals surface area contributed by atoms with E-state index in [4.69, 9.17) is 0 Å². The van der Waals surface area contributed by atoms with Crippen LogP contribution in [0, 0.1) is 11.8 Å². The maximum Gasteiger partial charge on any atom is 0.222 e. The Hall–Kier alpha value is -0.570. The first-order valence-electron chi connectivity index (χ1n) is 7.59. The van der Waals surface area contributed by atoms with E-state index < -0.39 is 5.60 Å². The topological polar surface area (TPSA) is 49.3 Å². The molecule has 3 nitrogen and oxygen atoms in total. The maximum absolute atomic E-state index is 12.0. The molecule has 2 aliphatic carbocycles. The van der Waals surface area contributed by atoms with Crippen molar-refractivity contribution < 1.29 is 9.90 Å². The molecule has 1 amide bonds. The molecule has 0 saturated heterocycles. The first-order valence-corrected chi connectivity index (χ1v) is 7.59. The summed E-state index contributed by atoms with van der Waals surface area (Å²) < 4.78 is 0. The molecule has 18 heavy (non-hydrogen) atoms. The van der Waals surface area contributed by atoms with Gasteiger partial charge in [-0.2, -0.15) is 0 Å². The second-order valence-electron chi connectivity index (χ2n) is 6.44. The minimum atomic E-state index is -0.597. The smallest absolute Gasteiger partial charge is 0.222 e. The van der Waals surface area contributed by atoms with Crippen LogP contribution in [0.3, 0.4) is 0 Å². The highest BCUT2D eigenvalue weighted by Crippen LogP contribution is 2.31. The Morgan fingerprint density at radius 3 is 2.50 bits per heavy atom. The van der Waals surface area contributed by atoms with Gasteiger partial charge in [-0.1, -0.05) is 39.0 Å². The number of aliphatic hydroxyl groups is 1. The summed E-state index contributed by atoms with van der Waals surface area (Å²) in [5.41, 5.74) is -0.597. The number of nitrogens with one attached hydrogen (secondary N) is 1. The molecule has 1 unspecified atom stereocenters. The van der Waals surface area contributed by atoms with Crippen molar-refractivity contribution in [1.82, 2.24) is 5.32 Å². The molecule has 2 saturated carbocycles. The Bertz CT molecular complexity index is 280. The van der Waals surface area contributed by atoms with Gasteiger partial charge in [0.15, 0.2) is 0 Å². The largest absolute Gasteiger partial charge is 0.388 e. The van der Waals surface area contributed by atoms with Crippen LogP contribution in [0.15, 0.2) is 0 Å². The van der Waals surface area contributed by atoms with Crippen LogP contribution in [0.25, 0.3) is 0 Å². The molecule has 0 heterocycles. The van der Waals surface area contributed by atoms with E-state index in [2.05, 4.69) is 5.32 Å². The molecule has 2 aliphatic rings. The molecule has 0 aromatic rings. The Labute approximate surface area is 110 Å². The van der Waals surface area contributed by atoms with Gasteiger partial charge in [0.25, 0.3) is 0 Å². The molecular formula is C15H27NO2. The number of rotatable bonds is 5. The van der Waals surface area contributed by atoms with E-state index >= 15 is 0 Å². The summed E-state index contributed by atoms with van der Waals surface area (Å²) in [5.74, 6) is 0.962. The summed E-state index contributed by atoms with van der Waals surface area (Å²) in [5, 5.41) is 12.9. The van der Waals surface area contributed by atoms with Crippen LogP contribution in [0.1, 0.15) is 64.7 Å². The van der Waals surface area contributed by atoms with Gasteiger partial charge >= 0.3 is 0 Å². The summed E-state index contributed by atoms with van der Waals surface area (Å²) in [6.45, 7) is 2.47. The Morgan fingerprint density at radius 1 is 1.28 bits per heavy atom. The lowest BCUT2D eigenvalue weighted by Crippen LogP contribution is -2.48. The molecule has 2 fully saturated rings. The fraction of sp³-hybridized carbons (Fsp3) is 0.933. The SMILES string of the molecule is CC(CC1CCCCC1)C(=O)NCC1(O)CCC1. The van der Waals surface area contributed by atoms with E-state index in [-0.39, 0.29) is 11.8 Å². The van der Waals surface area contributed by atoms with Crippen LogP contribution in [0.2, 0.25) is 0 Å². The molecule has 1 atom stereocenters. The van der Waals surface area contributed by atoms with E-state index in [1.54, 1.807) is 0 Å². The van der Waals surface area contributed by atoms with Crippen LogP contribution in [-0.4, -0.2) is 23.2 Å². The van der Waals surface area contributed by atoms with Crippen molar-refractivity contribution in [1.29, 1.82) is 0 Å². The van der Waals surface area contributed by atoms with Gasteiger partial charge in [-0.25, -0.2) is 0 Å². The van der Waals surface area contributed by atoms with Crippen molar-refractivity contribution in [2.45, 2.75) is 70.3 Å². The van der Waals surface area contributed by atoms with Gasteiger partial charge in [0, 0.05) is 12.5 Å². The number of carbonyl (C=O) groups is 1. The summed E-state index contributed by atoms with van der Waals surface area (Å²) in [6.07, 6.45) is 10.4. The Morgan fingerprint density at radius 2 is 1.94 bits per heavy atom. The lowest BCUT2D eigenvalue weighted by molar-refractivity contribution is -0.127. The average molecular weight is 253 g/mol. The predicted octanol–water partition coefficient (Wildman–Crippen LogP) is 2.62. The van der Waals surface area contributed by atoms with Crippen LogP contribution in [0.5, 0.6) is 0 Å². The summed E-state index contributed by atoms with van der Waals surface area (Å²) >= 11 is 0. The molecule has 2 N–H and O–H groups in total. The molecule has 3 heteroatoms. The predicted molar refractivity (Wildman–Crippen MR) is 72.2 cm³/mol. The van der Waals surface area contributed by atoms with Crippen molar-refractivity contribution in [2.24, 2.45) is 11.8 Å². The maximum atomic E-state index is 12.0. The minimum Gasteiger partial charge on any atom is -0.388 e. The van der Waals surface area contributed by atoms with Crippen molar-refractivity contribution in [3.8, 4) is 0 Å². The first-order chi connectivity index (χ1) is 8.59. The van der Waals surface area contributed by atoms with Crippen molar-refractivity contribution in [3.63, 3.8) is 0 Å². The lowest BCUT2D eigenvalue weighted by atomic mass is 9.80.